The van der Waals surface area contributed by atoms with Crippen molar-refractivity contribution in [3.05, 3.63) is 89.0 Å². The number of methoxy groups -OCH3 is 1. The third kappa shape index (κ3) is 6.39. The summed E-state index contributed by atoms with van der Waals surface area (Å²) in [6.07, 6.45) is 0.0524. The fraction of sp³-hybridized carbons (Fsp3) is 0.185. The molecule has 0 aliphatic carbocycles. The molecule has 1 aromatic heterocycles. The van der Waals surface area contributed by atoms with Crippen LogP contribution in [0.1, 0.15) is 35.3 Å². The van der Waals surface area contributed by atoms with Crippen molar-refractivity contribution < 1.29 is 53.7 Å². The summed E-state index contributed by atoms with van der Waals surface area (Å²) in [6, 6.07) is 18.7. The second-order valence-corrected chi connectivity index (χ2v) is 8.69. The summed E-state index contributed by atoms with van der Waals surface area (Å²) >= 11 is 1.03. The Bertz CT molecular complexity index is 1410. The number of benzene rings is 3. The van der Waals surface area contributed by atoms with Gasteiger partial charge in [-0.1, -0.05) is 18.2 Å². The van der Waals surface area contributed by atoms with Crippen molar-refractivity contribution in [3.63, 3.8) is 0 Å². The maximum absolute atomic E-state index is 13.7. The van der Waals surface area contributed by atoms with Gasteiger partial charge in [0.15, 0.2) is 5.78 Å². The molecule has 0 aliphatic rings. The predicted molar refractivity (Wildman–Crippen MR) is 133 cm³/mol. The Hall–Kier alpha value is -3.04. The molecule has 0 fully saturated rings. The topological polar surface area (TPSA) is 101 Å². The first-order chi connectivity index (χ1) is 16.9. The van der Waals surface area contributed by atoms with Crippen LogP contribution in [-0.4, -0.2) is 33.7 Å². The molecule has 0 amide bonds. The van der Waals surface area contributed by atoms with Gasteiger partial charge in [-0.15, -0.1) is 0 Å². The van der Waals surface area contributed by atoms with E-state index in [4.69, 9.17) is 9.47 Å². The van der Waals surface area contributed by atoms with E-state index in [1.165, 1.54) is 0 Å². The number of carbonyl (C=O) groups is 2. The van der Waals surface area contributed by atoms with Crippen LogP contribution in [0, 0.1) is 0 Å². The molecule has 3 aromatic carbocycles. The first-order valence-electron chi connectivity index (χ1n) is 11.0. The number of hydrogen-bond acceptors (Lipinski definition) is 8. The van der Waals surface area contributed by atoms with E-state index >= 15 is 0 Å². The Morgan fingerprint density at radius 3 is 2.28 bits per heavy atom. The number of ether oxygens (including phenoxy) is 2. The molecule has 0 saturated carbocycles. The zero-order chi connectivity index (χ0) is 24.9. The molecule has 4 rings (SSSR count). The van der Waals surface area contributed by atoms with Crippen LogP contribution in [0.25, 0.3) is 16.6 Å². The van der Waals surface area contributed by atoms with Crippen LogP contribution in [0.15, 0.2) is 72.3 Å². The van der Waals surface area contributed by atoms with Crippen LogP contribution < -0.4 is 44.1 Å². The Morgan fingerprint density at radius 1 is 0.917 bits per heavy atom. The van der Waals surface area contributed by atoms with Crippen molar-refractivity contribution in [2.75, 3.05) is 7.11 Å². The fourth-order valence-electron chi connectivity index (χ4n) is 3.75. The van der Waals surface area contributed by atoms with E-state index in [0.717, 1.165) is 17.3 Å². The van der Waals surface area contributed by atoms with Crippen LogP contribution in [0.3, 0.4) is 0 Å². The standard InChI is InChI=1S/C27H24N2O5S.Na/c1-16(2)34-20-10-7-18(8-11-20)26(30)22(14-17-5-4-6-21(13-17)33-3)25(27(31)32)19-9-12-23-24(15-19)29-35-28-23;/h4-13,15-16H,14H2,1-3H3,(H,31,32);/q;+1/p-1/b25-22+;. The molecule has 0 atom stereocenters. The van der Waals surface area contributed by atoms with Gasteiger partial charge in [-0.3, -0.25) is 4.79 Å². The molecule has 9 heteroatoms. The smallest absolute Gasteiger partial charge is 0.545 e. The number of aliphatic carboxylic acids is 1. The van der Waals surface area contributed by atoms with Crippen LogP contribution in [-0.2, 0) is 11.2 Å². The van der Waals surface area contributed by atoms with Gasteiger partial charge in [0.1, 0.15) is 22.5 Å². The van der Waals surface area contributed by atoms with Gasteiger partial charge in [-0.2, -0.15) is 8.75 Å². The number of ketones is 1. The van der Waals surface area contributed by atoms with Crippen molar-refractivity contribution in [2.45, 2.75) is 26.4 Å². The molecule has 0 bridgehead atoms. The maximum atomic E-state index is 13.7. The summed E-state index contributed by atoms with van der Waals surface area (Å²) in [4.78, 5) is 26.2. The monoisotopic (exact) mass is 510 g/mol. The van der Waals surface area contributed by atoms with Gasteiger partial charge in [0.05, 0.1) is 30.9 Å². The van der Waals surface area contributed by atoms with E-state index in [9.17, 15) is 14.7 Å². The molecule has 178 valence electrons. The Balaban J connectivity index is 0.00000361. The number of carboxylic acids is 1. The first-order valence-corrected chi connectivity index (χ1v) is 11.7. The second-order valence-electron chi connectivity index (χ2n) is 8.16. The molecule has 7 nitrogen and oxygen atoms in total. The number of carbonyl (C=O) groups excluding carboxylic acids is 2. The van der Waals surface area contributed by atoms with Crippen molar-refractivity contribution >= 4 is 40.1 Å². The summed E-state index contributed by atoms with van der Waals surface area (Å²) in [6.45, 7) is 3.82. The molecule has 0 spiro atoms. The number of carboxylic acid groups (broad SMARTS) is 1. The number of rotatable bonds is 9. The molecular formula is C27H23N2NaO5S. The Morgan fingerprint density at radius 2 is 1.61 bits per heavy atom. The normalized spacial score (nSPS) is 11.6. The minimum absolute atomic E-state index is 0. The van der Waals surface area contributed by atoms with E-state index < -0.39 is 11.8 Å². The average molecular weight is 511 g/mol. The summed E-state index contributed by atoms with van der Waals surface area (Å²) in [5.41, 5.74) is 2.51. The van der Waals surface area contributed by atoms with E-state index in [1.54, 1.807) is 67.8 Å². The predicted octanol–water partition coefficient (Wildman–Crippen LogP) is 1.12. The maximum Gasteiger partial charge on any atom is 1.00 e. The van der Waals surface area contributed by atoms with Gasteiger partial charge >= 0.3 is 29.6 Å². The number of Topliss-reactive ketones (excluding diaryl/α,β-unsaturated/α-hetero) is 1. The Kier molecular flexibility index (Phi) is 9.39. The molecule has 0 aliphatic heterocycles. The van der Waals surface area contributed by atoms with Gasteiger partial charge in [0.25, 0.3) is 0 Å². The largest absolute Gasteiger partial charge is 1.00 e. The summed E-state index contributed by atoms with van der Waals surface area (Å²) in [5, 5.41) is 12.4. The summed E-state index contributed by atoms with van der Waals surface area (Å²) in [5.74, 6) is -0.635. The van der Waals surface area contributed by atoms with E-state index in [0.29, 0.717) is 33.7 Å². The molecule has 4 aromatic rings. The molecular weight excluding hydrogens is 487 g/mol. The molecule has 36 heavy (non-hydrogen) atoms. The zero-order valence-electron chi connectivity index (χ0n) is 20.5. The van der Waals surface area contributed by atoms with E-state index in [2.05, 4.69) is 8.75 Å². The van der Waals surface area contributed by atoms with Gasteiger partial charge in [0.2, 0.25) is 0 Å². The van der Waals surface area contributed by atoms with Crippen LogP contribution in [0.5, 0.6) is 11.5 Å². The minimum atomic E-state index is -1.45. The zero-order valence-corrected chi connectivity index (χ0v) is 23.3. The SMILES string of the molecule is COc1cccc(C/C(C(=O)c2ccc(OC(C)C)cc2)=C(\C(=O)[O-])c2ccc3nsnc3c2)c1.[Na+]. The van der Waals surface area contributed by atoms with Gasteiger partial charge < -0.3 is 19.4 Å². The molecule has 0 radical (unpaired) electrons. The summed E-state index contributed by atoms with van der Waals surface area (Å²) < 4.78 is 19.3. The average Bonchev–Trinajstić information content (AvgIpc) is 3.31. The first kappa shape index (κ1) is 27.5. The van der Waals surface area contributed by atoms with E-state index in [-0.39, 0.29) is 53.2 Å². The molecule has 0 N–H and O–H groups in total. The number of nitrogens with zero attached hydrogens (tertiary/aromatic N) is 2. The minimum Gasteiger partial charge on any atom is -0.545 e. The number of allylic oxidation sites excluding steroid dienone is 1. The Labute approximate surface area is 235 Å². The van der Waals surface area contributed by atoms with Gasteiger partial charge in [-0.25, -0.2) is 0 Å². The van der Waals surface area contributed by atoms with Crippen molar-refractivity contribution in [2.24, 2.45) is 0 Å². The number of aromatic nitrogens is 2. The van der Waals surface area contributed by atoms with Crippen molar-refractivity contribution in [1.29, 1.82) is 0 Å². The van der Waals surface area contributed by atoms with Gasteiger partial charge in [-0.05, 0) is 73.5 Å². The van der Waals surface area contributed by atoms with Crippen molar-refractivity contribution in [3.8, 4) is 11.5 Å². The second kappa shape index (κ2) is 12.3. The van der Waals surface area contributed by atoms with Crippen LogP contribution in [0.4, 0.5) is 0 Å². The summed E-state index contributed by atoms with van der Waals surface area (Å²) in [7, 11) is 1.55. The van der Waals surface area contributed by atoms with Crippen LogP contribution >= 0.6 is 11.7 Å². The molecule has 0 saturated heterocycles. The van der Waals surface area contributed by atoms with Gasteiger partial charge in [0, 0.05) is 23.1 Å². The molecule has 1 heterocycles. The molecule has 0 unspecified atom stereocenters. The quantitative estimate of drug-likeness (QED) is 0.189. The van der Waals surface area contributed by atoms with Crippen LogP contribution in [0.2, 0.25) is 0 Å². The third-order valence-electron chi connectivity index (χ3n) is 5.33. The number of fused-ring (bicyclic) bond motifs is 1. The van der Waals surface area contributed by atoms with E-state index in [1.807, 2.05) is 19.9 Å². The number of hydrogen-bond donors (Lipinski definition) is 0. The third-order valence-corrected chi connectivity index (χ3v) is 5.88. The van der Waals surface area contributed by atoms with Crippen molar-refractivity contribution in [1.82, 2.24) is 8.75 Å². The fourth-order valence-corrected chi connectivity index (χ4v) is 4.27.